The molecular formula is C24H22N4O3. The Balaban J connectivity index is 1.40. The number of nitrogens with one attached hydrogen (secondary N) is 1. The van der Waals surface area contributed by atoms with Gasteiger partial charge in [-0.05, 0) is 42.7 Å². The van der Waals surface area contributed by atoms with Gasteiger partial charge in [-0.3, -0.25) is 0 Å². The Kier molecular flexibility index (Phi) is 4.03. The minimum absolute atomic E-state index is 0.0366. The molecule has 1 aliphatic carbocycles. The lowest BCUT2D eigenvalue weighted by atomic mass is 10.1. The zero-order chi connectivity index (χ0) is 21.1. The van der Waals surface area contributed by atoms with Gasteiger partial charge in [0.2, 0.25) is 0 Å². The molecule has 0 amide bonds. The van der Waals surface area contributed by atoms with Crippen molar-refractivity contribution in [3.8, 4) is 11.3 Å². The highest BCUT2D eigenvalue weighted by atomic mass is 16.3. The van der Waals surface area contributed by atoms with Crippen LogP contribution in [0.15, 0.2) is 65.2 Å². The summed E-state index contributed by atoms with van der Waals surface area (Å²) >= 11 is 0. The lowest BCUT2D eigenvalue weighted by Crippen LogP contribution is -2.35. The van der Waals surface area contributed by atoms with Crippen LogP contribution in [0.3, 0.4) is 0 Å². The zero-order valence-corrected chi connectivity index (χ0v) is 16.9. The molecule has 0 spiro atoms. The van der Waals surface area contributed by atoms with E-state index in [0.29, 0.717) is 12.1 Å². The Labute approximate surface area is 177 Å². The van der Waals surface area contributed by atoms with Crippen molar-refractivity contribution in [1.82, 2.24) is 14.6 Å². The largest absolute Gasteiger partial charge is 0.456 e. The van der Waals surface area contributed by atoms with Crippen LogP contribution in [0, 0.1) is 5.92 Å². The summed E-state index contributed by atoms with van der Waals surface area (Å²) in [5, 5.41) is 30.7. The maximum atomic E-state index is 10.3. The quantitative estimate of drug-likeness (QED) is 0.415. The second kappa shape index (κ2) is 6.80. The number of anilines is 1. The summed E-state index contributed by atoms with van der Waals surface area (Å²) in [6.45, 7) is 1.94. The van der Waals surface area contributed by atoms with Crippen molar-refractivity contribution < 1.29 is 14.6 Å². The molecule has 156 valence electrons. The molecule has 3 N–H and O–H groups in total. The summed E-state index contributed by atoms with van der Waals surface area (Å²) in [5.74, 6) is 0.769. The first-order valence-corrected chi connectivity index (χ1v) is 10.5. The maximum absolute atomic E-state index is 10.3. The van der Waals surface area contributed by atoms with E-state index in [9.17, 15) is 10.2 Å². The Morgan fingerprint density at radius 3 is 2.68 bits per heavy atom. The molecule has 0 aliphatic heterocycles. The van der Waals surface area contributed by atoms with Crippen LogP contribution in [0.1, 0.15) is 13.3 Å². The zero-order valence-electron chi connectivity index (χ0n) is 16.9. The van der Waals surface area contributed by atoms with Crippen LogP contribution < -0.4 is 5.32 Å². The van der Waals surface area contributed by atoms with Gasteiger partial charge in [0.15, 0.2) is 5.65 Å². The molecule has 0 bridgehead atoms. The molecule has 1 fully saturated rings. The van der Waals surface area contributed by atoms with E-state index < -0.39 is 12.2 Å². The maximum Gasteiger partial charge on any atom is 0.157 e. The molecule has 7 nitrogen and oxygen atoms in total. The number of hydrogen-bond donors (Lipinski definition) is 3. The highest BCUT2D eigenvalue weighted by Crippen LogP contribution is 2.33. The normalized spacial score (nSPS) is 23.8. The third-order valence-electron chi connectivity index (χ3n) is 6.33. The number of fused-ring (bicyclic) bond motifs is 4. The summed E-state index contributed by atoms with van der Waals surface area (Å²) in [7, 11) is 0. The van der Waals surface area contributed by atoms with E-state index in [1.165, 1.54) is 0 Å². The van der Waals surface area contributed by atoms with Crippen LogP contribution in [0.25, 0.3) is 38.8 Å². The molecule has 3 heterocycles. The fraction of sp³-hybridized carbons (Fsp3) is 0.250. The van der Waals surface area contributed by atoms with Gasteiger partial charge in [-0.25, -0.2) is 4.98 Å². The Morgan fingerprint density at radius 2 is 1.84 bits per heavy atom. The van der Waals surface area contributed by atoms with Crippen LogP contribution in [-0.4, -0.2) is 43.1 Å². The Hall–Kier alpha value is -3.42. The van der Waals surface area contributed by atoms with Crippen molar-refractivity contribution in [3.63, 3.8) is 0 Å². The van der Waals surface area contributed by atoms with Gasteiger partial charge in [-0.1, -0.05) is 25.1 Å². The van der Waals surface area contributed by atoms with E-state index in [4.69, 9.17) is 9.52 Å². The lowest BCUT2D eigenvalue weighted by molar-refractivity contribution is 0.0210. The second-order valence-electron chi connectivity index (χ2n) is 8.38. The minimum Gasteiger partial charge on any atom is -0.456 e. The average molecular weight is 414 g/mol. The summed E-state index contributed by atoms with van der Waals surface area (Å²) < 4.78 is 7.68. The molecule has 2 aromatic carbocycles. The molecule has 3 aromatic heterocycles. The van der Waals surface area contributed by atoms with E-state index in [0.717, 1.165) is 39.0 Å². The molecule has 5 aromatic rings. The van der Waals surface area contributed by atoms with Gasteiger partial charge in [-0.15, -0.1) is 0 Å². The lowest BCUT2D eigenvalue weighted by Gasteiger charge is -2.19. The van der Waals surface area contributed by atoms with Gasteiger partial charge in [0.05, 0.1) is 17.8 Å². The van der Waals surface area contributed by atoms with Gasteiger partial charge in [0.1, 0.15) is 23.1 Å². The van der Waals surface area contributed by atoms with Crippen molar-refractivity contribution in [2.75, 3.05) is 5.32 Å². The first-order valence-electron chi connectivity index (χ1n) is 10.5. The van der Waals surface area contributed by atoms with Gasteiger partial charge in [0, 0.05) is 28.6 Å². The fourth-order valence-corrected chi connectivity index (χ4v) is 4.62. The molecule has 0 saturated heterocycles. The monoisotopic (exact) mass is 414 g/mol. The number of furan rings is 1. The Morgan fingerprint density at radius 1 is 1.00 bits per heavy atom. The molecule has 1 saturated carbocycles. The van der Waals surface area contributed by atoms with Crippen LogP contribution >= 0.6 is 0 Å². The van der Waals surface area contributed by atoms with Crippen molar-refractivity contribution in [2.24, 2.45) is 5.92 Å². The minimum atomic E-state index is -0.815. The molecule has 0 unspecified atom stereocenters. The van der Waals surface area contributed by atoms with Crippen LogP contribution in [0.5, 0.6) is 0 Å². The Bertz CT molecular complexity index is 1420. The fourth-order valence-electron chi connectivity index (χ4n) is 4.62. The summed E-state index contributed by atoms with van der Waals surface area (Å²) in [6, 6.07) is 17.6. The van der Waals surface area contributed by atoms with Gasteiger partial charge >= 0.3 is 0 Å². The van der Waals surface area contributed by atoms with E-state index in [1.54, 1.807) is 10.7 Å². The number of para-hydroxylation sites is 1. The van der Waals surface area contributed by atoms with Crippen molar-refractivity contribution >= 4 is 33.4 Å². The predicted molar refractivity (Wildman–Crippen MR) is 119 cm³/mol. The molecule has 7 heteroatoms. The SMILES string of the molecule is C[C@@H]1C[C@@H](Nc2ccnc3cc(-c4ccc5oc6ccccc6c5c4)nn23)[C@H](O)[C@@H]1O. The molecule has 6 rings (SSSR count). The summed E-state index contributed by atoms with van der Waals surface area (Å²) in [6.07, 6.45) is 0.867. The standard InChI is InChI=1S/C24H22N4O3/c1-13-10-18(24(30)23(13)29)26-21-8-9-25-22-12-17(27-28(21)22)14-6-7-20-16(11-14)15-4-2-3-5-19(15)31-20/h2-9,11-13,18,23-24,26,29-30H,10H2,1H3/t13-,18-,23-,24+/m1/s1. The topological polar surface area (TPSA) is 95.8 Å². The van der Waals surface area contributed by atoms with E-state index in [2.05, 4.69) is 22.4 Å². The van der Waals surface area contributed by atoms with Crippen molar-refractivity contribution in [3.05, 3.63) is 60.8 Å². The van der Waals surface area contributed by atoms with Crippen molar-refractivity contribution in [1.29, 1.82) is 0 Å². The first kappa shape index (κ1) is 18.4. The molecule has 4 atom stereocenters. The second-order valence-corrected chi connectivity index (χ2v) is 8.38. The van der Waals surface area contributed by atoms with Gasteiger partial charge in [0.25, 0.3) is 0 Å². The van der Waals surface area contributed by atoms with Crippen LogP contribution in [0.4, 0.5) is 5.82 Å². The number of aliphatic hydroxyl groups excluding tert-OH is 2. The number of nitrogens with zero attached hydrogens (tertiary/aromatic N) is 3. The number of hydrogen-bond acceptors (Lipinski definition) is 6. The van der Waals surface area contributed by atoms with E-state index in [1.807, 2.05) is 49.4 Å². The predicted octanol–water partition coefficient (Wildman–Crippen LogP) is 3.84. The van der Waals surface area contributed by atoms with Gasteiger partial charge < -0.3 is 19.9 Å². The number of rotatable bonds is 3. The average Bonchev–Trinajstić information content (AvgIpc) is 3.45. The number of aliphatic hydroxyl groups is 2. The first-order chi connectivity index (χ1) is 15.1. The summed E-state index contributed by atoms with van der Waals surface area (Å²) in [4.78, 5) is 4.44. The third kappa shape index (κ3) is 2.89. The molecule has 31 heavy (non-hydrogen) atoms. The highest BCUT2D eigenvalue weighted by molar-refractivity contribution is 6.06. The van der Waals surface area contributed by atoms with E-state index >= 15 is 0 Å². The number of aromatic nitrogens is 3. The van der Waals surface area contributed by atoms with E-state index in [-0.39, 0.29) is 12.0 Å². The number of benzene rings is 2. The van der Waals surface area contributed by atoms with Crippen LogP contribution in [0.2, 0.25) is 0 Å². The summed E-state index contributed by atoms with van der Waals surface area (Å²) in [5.41, 5.74) is 4.19. The molecule has 1 aliphatic rings. The van der Waals surface area contributed by atoms with Crippen LogP contribution in [-0.2, 0) is 0 Å². The van der Waals surface area contributed by atoms with Crippen molar-refractivity contribution in [2.45, 2.75) is 31.6 Å². The highest BCUT2D eigenvalue weighted by Gasteiger charge is 2.39. The van der Waals surface area contributed by atoms with Gasteiger partial charge in [-0.2, -0.15) is 9.61 Å². The third-order valence-corrected chi connectivity index (χ3v) is 6.33. The molecular weight excluding hydrogens is 392 g/mol. The molecule has 0 radical (unpaired) electrons. The smallest absolute Gasteiger partial charge is 0.157 e.